The number of benzene rings is 2. The van der Waals surface area contributed by atoms with Crippen LogP contribution in [0.1, 0.15) is 34.7 Å². The van der Waals surface area contributed by atoms with Gasteiger partial charge < -0.3 is 14.9 Å². The first-order chi connectivity index (χ1) is 14.1. The van der Waals surface area contributed by atoms with Crippen LogP contribution >= 0.6 is 0 Å². The van der Waals surface area contributed by atoms with Crippen molar-refractivity contribution in [3.05, 3.63) is 64.2 Å². The molecule has 0 bridgehead atoms. The summed E-state index contributed by atoms with van der Waals surface area (Å²) < 4.78 is 108. The average molecular weight is 387 g/mol. The lowest BCUT2D eigenvalue weighted by molar-refractivity contribution is -0.289. The standard InChI is InChI=1S/C18H10F5NO3/c1-24-9-4-8(19)5-10(6-9)27-13-3-2-11-15-14(13)12(25)7-16(15,26)18(22,23)17(11,20)21/h2-6,12,25-26H,7H2/t12-,16-/m1/s1/i4D,5D,6D,12D. The summed E-state index contributed by atoms with van der Waals surface area (Å²) in [4.78, 5) is 2.81. The van der Waals surface area contributed by atoms with E-state index in [1.807, 2.05) is 0 Å². The van der Waals surface area contributed by atoms with Gasteiger partial charge in [0.25, 0.3) is 0 Å². The van der Waals surface area contributed by atoms with Gasteiger partial charge in [-0.1, -0.05) is 0 Å². The second-order valence-electron chi connectivity index (χ2n) is 6.07. The van der Waals surface area contributed by atoms with E-state index in [0.717, 1.165) is 0 Å². The van der Waals surface area contributed by atoms with Crippen molar-refractivity contribution in [2.45, 2.75) is 29.9 Å². The van der Waals surface area contributed by atoms with E-state index in [2.05, 4.69) is 4.85 Å². The molecule has 2 aliphatic carbocycles. The van der Waals surface area contributed by atoms with Gasteiger partial charge in [0, 0.05) is 29.2 Å². The van der Waals surface area contributed by atoms with E-state index in [0.29, 0.717) is 12.1 Å². The Morgan fingerprint density at radius 3 is 2.63 bits per heavy atom. The molecule has 0 saturated carbocycles. The van der Waals surface area contributed by atoms with Crippen molar-refractivity contribution < 1.29 is 42.4 Å². The van der Waals surface area contributed by atoms with Crippen LogP contribution in [0.3, 0.4) is 0 Å². The molecule has 0 heterocycles. The highest BCUT2D eigenvalue weighted by Gasteiger charge is 2.78. The van der Waals surface area contributed by atoms with Crippen LogP contribution in [0.15, 0.2) is 30.3 Å². The van der Waals surface area contributed by atoms with Gasteiger partial charge in [0.2, 0.25) is 0 Å². The molecule has 27 heavy (non-hydrogen) atoms. The SMILES string of the molecule is [2H]c1c(F)c([2H])c(Oc2ccc3c4c2[C@]([2H])(O)C[C@]4(O)C(F)(F)C3(F)F)c([2H])c1[N+]#[C-]. The van der Waals surface area contributed by atoms with Gasteiger partial charge in [-0.3, -0.25) is 0 Å². The fourth-order valence-corrected chi connectivity index (χ4v) is 3.38. The molecule has 0 amide bonds. The van der Waals surface area contributed by atoms with Gasteiger partial charge >= 0.3 is 11.8 Å². The minimum Gasteiger partial charge on any atom is -0.458 e. The fraction of sp³-hybridized carbons (Fsp3) is 0.278. The van der Waals surface area contributed by atoms with Gasteiger partial charge in [0.05, 0.1) is 18.1 Å². The Hall–Kier alpha value is -2.70. The van der Waals surface area contributed by atoms with Crippen molar-refractivity contribution in [2.75, 3.05) is 0 Å². The molecule has 2 aromatic carbocycles. The number of alkyl halides is 4. The zero-order valence-electron chi connectivity index (χ0n) is 17.0. The maximum atomic E-state index is 14.4. The van der Waals surface area contributed by atoms with Gasteiger partial charge in [-0.05, 0) is 24.2 Å². The molecule has 9 heteroatoms. The predicted octanol–water partition coefficient (Wildman–Crippen LogP) is 4.53. The number of nitrogens with zero attached hydrogens (tertiary/aromatic N) is 1. The van der Waals surface area contributed by atoms with Gasteiger partial charge in [-0.15, -0.1) is 0 Å². The van der Waals surface area contributed by atoms with E-state index in [1.54, 1.807) is 0 Å². The zero-order chi connectivity index (χ0) is 23.3. The van der Waals surface area contributed by atoms with Crippen molar-refractivity contribution in [1.29, 1.82) is 0 Å². The predicted molar refractivity (Wildman–Crippen MR) is 81.5 cm³/mol. The van der Waals surface area contributed by atoms with Crippen LogP contribution in [0, 0.1) is 12.4 Å². The molecule has 0 spiro atoms. The maximum Gasteiger partial charge on any atom is 0.346 e. The van der Waals surface area contributed by atoms with Crippen molar-refractivity contribution >= 4 is 5.69 Å². The molecule has 2 aromatic rings. The first-order valence-corrected chi connectivity index (χ1v) is 7.37. The lowest BCUT2D eigenvalue weighted by atomic mass is 9.94. The van der Waals surface area contributed by atoms with Gasteiger partial charge in [-0.2, -0.15) is 17.6 Å². The smallest absolute Gasteiger partial charge is 0.346 e. The number of rotatable bonds is 2. The van der Waals surface area contributed by atoms with Crippen LogP contribution in [0.5, 0.6) is 11.5 Å². The topological polar surface area (TPSA) is 54.0 Å². The molecule has 0 unspecified atom stereocenters. The Labute approximate surface area is 154 Å². The lowest BCUT2D eigenvalue weighted by Gasteiger charge is -2.30. The van der Waals surface area contributed by atoms with Crippen LogP contribution in [0.2, 0.25) is 0 Å². The molecule has 0 aliphatic heterocycles. The third-order valence-electron chi connectivity index (χ3n) is 4.55. The minimum absolute atomic E-state index is 0.472. The third-order valence-corrected chi connectivity index (χ3v) is 4.55. The number of hydrogen-bond donors (Lipinski definition) is 2. The van der Waals surface area contributed by atoms with E-state index in [-0.39, 0.29) is 0 Å². The molecule has 4 nitrogen and oxygen atoms in total. The summed E-state index contributed by atoms with van der Waals surface area (Å²) in [7, 11) is 0. The van der Waals surface area contributed by atoms with Gasteiger partial charge in [0.1, 0.15) is 17.3 Å². The monoisotopic (exact) mass is 387 g/mol. The highest BCUT2D eigenvalue weighted by molar-refractivity contribution is 5.60. The summed E-state index contributed by atoms with van der Waals surface area (Å²) >= 11 is 0. The average Bonchev–Trinajstić information content (AvgIpc) is 2.96. The van der Waals surface area contributed by atoms with Crippen molar-refractivity contribution in [3.8, 4) is 11.5 Å². The van der Waals surface area contributed by atoms with Crippen LogP contribution in [0.25, 0.3) is 4.85 Å². The van der Waals surface area contributed by atoms with E-state index in [1.165, 1.54) is 0 Å². The highest BCUT2D eigenvalue weighted by Crippen LogP contribution is 2.68. The molecule has 0 saturated heterocycles. The Morgan fingerprint density at radius 1 is 1.26 bits per heavy atom. The Bertz CT molecular complexity index is 1210. The Morgan fingerprint density at radius 2 is 1.96 bits per heavy atom. The number of aliphatic hydroxyl groups is 2. The maximum absolute atomic E-state index is 14.4. The van der Waals surface area contributed by atoms with Crippen LogP contribution in [0.4, 0.5) is 27.6 Å². The van der Waals surface area contributed by atoms with E-state index >= 15 is 0 Å². The Balaban J connectivity index is 1.99. The molecular weight excluding hydrogens is 373 g/mol. The number of hydrogen-bond acceptors (Lipinski definition) is 3. The zero-order valence-corrected chi connectivity index (χ0v) is 13.0. The second-order valence-corrected chi connectivity index (χ2v) is 6.07. The minimum atomic E-state index is -5.07. The van der Waals surface area contributed by atoms with E-state index < -0.39 is 87.8 Å². The first kappa shape index (κ1) is 13.5. The molecule has 4 rings (SSSR count). The largest absolute Gasteiger partial charge is 0.458 e. The van der Waals surface area contributed by atoms with Crippen LogP contribution in [-0.2, 0) is 11.5 Å². The Kier molecular flexibility index (Phi) is 2.58. The van der Waals surface area contributed by atoms with Gasteiger partial charge in [0.15, 0.2) is 11.3 Å². The molecule has 2 aliphatic rings. The fourth-order valence-electron chi connectivity index (χ4n) is 3.38. The summed E-state index contributed by atoms with van der Waals surface area (Å²) in [6, 6.07) is -2.01. The summed E-state index contributed by atoms with van der Waals surface area (Å²) in [6.45, 7) is 6.96. The van der Waals surface area contributed by atoms with Gasteiger partial charge in [-0.25, -0.2) is 9.24 Å². The molecule has 2 atom stereocenters. The third kappa shape index (κ3) is 2.08. The summed E-state index contributed by atoms with van der Waals surface area (Å²) in [5.74, 6) is -13.2. The summed E-state index contributed by atoms with van der Waals surface area (Å²) in [5.41, 5.74) is -7.86. The normalized spacial score (nSPS) is 31.3. The highest BCUT2D eigenvalue weighted by atomic mass is 19.3. The molecule has 0 aromatic heterocycles. The second kappa shape index (κ2) is 5.18. The van der Waals surface area contributed by atoms with Crippen molar-refractivity contribution in [2.24, 2.45) is 0 Å². The van der Waals surface area contributed by atoms with Crippen molar-refractivity contribution in [1.82, 2.24) is 0 Å². The summed E-state index contributed by atoms with van der Waals surface area (Å²) in [6.07, 6.45) is -4.56. The summed E-state index contributed by atoms with van der Waals surface area (Å²) in [5, 5.41) is 20.7. The molecule has 2 N–H and O–H groups in total. The van der Waals surface area contributed by atoms with Crippen LogP contribution in [-0.4, -0.2) is 16.1 Å². The van der Waals surface area contributed by atoms with E-state index in [4.69, 9.17) is 16.8 Å². The molecule has 140 valence electrons. The van der Waals surface area contributed by atoms with E-state index in [9.17, 15) is 32.2 Å². The van der Waals surface area contributed by atoms with Crippen LogP contribution < -0.4 is 4.74 Å². The quantitative estimate of drug-likeness (QED) is 0.588. The number of ether oxygens (including phenoxy) is 1. The molecule has 0 radical (unpaired) electrons. The number of halogens is 5. The lowest BCUT2D eigenvalue weighted by Crippen LogP contribution is -2.48. The van der Waals surface area contributed by atoms with Crippen molar-refractivity contribution in [3.63, 3.8) is 0 Å². The molecule has 0 fully saturated rings. The first-order valence-electron chi connectivity index (χ1n) is 9.37. The molecular formula is C18H10F5NO3.